The van der Waals surface area contributed by atoms with Crippen LogP contribution >= 0.6 is 0 Å². The highest BCUT2D eigenvalue weighted by Gasteiger charge is 2.27. The fourth-order valence-corrected chi connectivity index (χ4v) is 3.35. The molecule has 4 rings (SSSR count). The van der Waals surface area contributed by atoms with Crippen molar-refractivity contribution < 1.29 is 0 Å². The van der Waals surface area contributed by atoms with E-state index in [-0.39, 0.29) is 5.56 Å². The van der Waals surface area contributed by atoms with Crippen molar-refractivity contribution in [2.24, 2.45) is 5.92 Å². The van der Waals surface area contributed by atoms with Gasteiger partial charge in [0.1, 0.15) is 0 Å². The summed E-state index contributed by atoms with van der Waals surface area (Å²) in [5, 5.41) is 17.2. The number of rotatable bonds is 6. The van der Waals surface area contributed by atoms with Crippen molar-refractivity contribution in [3.05, 3.63) is 52.3 Å². The van der Waals surface area contributed by atoms with Gasteiger partial charge in [-0.3, -0.25) is 4.79 Å². The van der Waals surface area contributed by atoms with Crippen molar-refractivity contribution >= 4 is 0 Å². The van der Waals surface area contributed by atoms with Crippen LogP contribution in [0.15, 0.2) is 35.4 Å². The topological polar surface area (TPSA) is 86.7 Å². The zero-order chi connectivity index (χ0) is 18.1. The largest absolute Gasteiger partial charge is 0.301 e. The van der Waals surface area contributed by atoms with E-state index in [0.29, 0.717) is 18.3 Å². The first kappa shape index (κ1) is 16.6. The molecule has 9 heteroatoms. The van der Waals surface area contributed by atoms with Crippen LogP contribution in [0.2, 0.25) is 0 Å². The van der Waals surface area contributed by atoms with E-state index < -0.39 is 0 Å². The molecule has 0 spiro atoms. The SMILES string of the molecule is Cc1cc(C)n(-c2ccc(=O)n(CC3CN(CCn4nccn4)C3)n2)n1. The molecule has 3 aromatic heterocycles. The van der Waals surface area contributed by atoms with Crippen molar-refractivity contribution in [2.75, 3.05) is 19.6 Å². The number of aromatic nitrogens is 7. The third-order valence-electron chi connectivity index (χ3n) is 4.63. The van der Waals surface area contributed by atoms with Gasteiger partial charge in [-0.2, -0.15) is 20.1 Å². The van der Waals surface area contributed by atoms with Crippen LogP contribution in [0.3, 0.4) is 0 Å². The highest BCUT2D eigenvalue weighted by molar-refractivity contribution is 5.23. The van der Waals surface area contributed by atoms with Crippen LogP contribution in [-0.4, -0.2) is 59.1 Å². The monoisotopic (exact) mass is 354 g/mol. The van der Waals surface area contributed by atoms with Gasteiger partial charge in [0.15, 0.2) is 5.82 Å². The molecule has 0 N–H and O–H groups in total. The summed E-state index contributed by atoms with van der Waals surface area (Å²) in [7, 11) is 0. The van der Waals surface area contributed by atoms with E-state index in [2.05, 4.69) is 25.3 Å². The minimum absolute atomic E-state index is 0.0746. The van der Waals surface area contributed by atoms with Crippen molar-refractivity contribution in [1.82, 2.24) is 39.5 Å². The first-order valence-corrected chi connectivity index (χ1v) is 8.77. The summed E-state index contributed by atoms with van der Waals surface area (Å²) >= 11 is 0. The summed E-state index contributed by atoms with van der Waals surface area (Å²) in [6.07, 6.45) is 3.37. The van der Waals surface area contributed by atoms with Gasteiger partial charge in [-0.15, -0.1) is 5.10 Å². The van der Waals surface area contributed by atoms with E-state index in [9.17, 15) is 4.79 Å². The van der Waals surface area contributed by atoms with Crippen LogP contribution in [-0.2, 0) is 13.1 Å². The fourth-order valence-electron chi connectivity index (χ4n) is 3.35. The molecule has 9 nitrogen and oxygen atoms in total. The van der Waals surface area contributed by atoms with Gasteiger partial charge in [0.25, 0.3) is 5.56 Å². The lowest BCUT2D eigenvalue weighted by Gasteiger charge is -2.39. The van der Waals surface area contributed by atoms with Gasteiger partial charge < -0.3 is 4.90 Å². The van der Waals surface area contributed by atoms with Crippen LogP contribution in [0.5, 0.6) is 0 Å². The van der Waals surface area contributed by atoms with Gasteiger partial charge in [-0.05, 0) is 26.0 Å². The smallest absolute Gasteiger partial charge is 0.266 e. The number of hydrogen-bond donors (Lipinski definition) is 0. The molecule has 26 heavy (non-hydrogen) atoms. The normalized spacial score (nSPS) is 15.3. The summed E-state index contributed by atoms with van der Waals surface area (Å²) in [6.45, 7) is 8.17. The predicted octanol–water partition coefficient (Wildman–Crippen LogP) is 0.269. The first-order chi connectivity index (χ1) is 12.6. The molecular formula is C17H22N8O. The van der Waals surface area contributed by atoms with E-state index in [0.717, 1.165) is 37.6 Å². The third kappa shape index (κ3) is 3.43. The Morgan fingerprint density at radius 2 is 1.85 bits per heavy atom. The highest BCUT2D eigenvalue weighted by atomic mass is 16.1. The average molecular weight is 354 g/mol. The lowest BCUT2D eigenvalue weighted by molar-refractivity contribution is 0.0780. The molecule has 0 saturated carbocycles. The molecule has 1 aliphatic heterocycles. The molecule has 0 amide bonds. The predicted molar refractivity (Wildman–Crippen MR) is 95.0 cm³/mol. The Kier molecular flexibility index (Phi) is 4.37. The van der Waals surface area contributed by atoms with E-state index in [1.807, 2.05) is 19.9 Å². The second-order valence-electron chi connectivity index (χ2n) is 6.80. The second-order valence-corrected chi connectivity index (χ2v) is 6.80. The molecule has 4 heterocycles. The van der Waals surface area contributed by atoms with Crippen molar-refractivity contribution in [3.8, 4) is 5.82 Å². The summed E-state index contributed by atoms with van der Waals surface area (Å²) in [4.78, 5) is 16.2. The summed E-state index contributed by atoms with van der Waals surface area (Å²) < 4.78 is 3.33. The van der Waals surface area contributed by atoms with Crippen molar-refractivity contribution in [2.45, 2.75) is 26.9 Å². The van der Waals surface area contributed by atoms with Crippen molar-refractivity contribution in [1.29, 1.82) is 0 Å². The quantitative estimate of drug-likeness (QED) is 0.631. The molecule has 3 aromatic rings. The average Bonchev–Trinajstić information content (AvgIpc) is 3.20. The first-order valence-electron chi connectivity index (χ1n) is 8.77. The van der Waals surface area contributed by atoms with Gasteiger partial charge in [0, 0.05) is 37.3 Å². The number of nitrogens with zero attached hydrogens (tertiary/aromatic N) is 8. The van der Waals surface area contributed by atoms with E-state index in [1.165, 1.54) is 0 Å². The molecule has 136 valence electrons. The number of hydrogen-bond acceptors (Lipinski definition) is 6. The number of likely N-dealkylation sites (tertiary alicyclic amines) is 1. The molecule has 0 unspecified atom stereocenters. The number of aryl methyl sites for hydroxylation is 2. The lowest BCUT2D eigenvalue weighted by Crippen LogP contribution is -2.50. The van der Waals surface area contributed by atoms with Crippen molar-refractivity contribution in [3.63, 3.8) is 0 Å². The maximum Gasteiger partial charge on any atom is 0.266 e. The van der Waals surface area contributed by atoms with E-state index in [4.69, 9.17) is 0 Å². The van der Waals surface area contributed by atoms with E-state index in [1.54, 1.807) is 38.7 Å². The Balaban J connectivity index is 1.37. The zero-order valence-corrected chi connectivity index (χ0v) is 15.0. The molecule has 0 radical (unpaired) electrons. The van der Waals surface area contributed by atoms with Gasteiger partial charge >= 0.3 is 0 Å². The van der Waals surface area contributed by atoms with Crippen LogP contribution in [0.25, 0.3) is 5.82 Å². The van der Waals surface area contributed by atoms with Crippen LogP contribution in [0.1, 0.15) is 11.4 Å². The van der Waals surface area contributed by atoms with Gasteiger partial charge in [-0.25, -0.2) is 9.36 Å². The van der Waals surface area contributed by atoms with E-state index >= 15 is 0 Å². The molecule has 0 aliphatic carbocycles. The second kappa shape index (κ2) is 6.83. The Labute approximate surface area is 150 Å². The molecule has 0 atom stereocenters. The molecule has 1 aliphatic rings. The van der Waals surface area contributed by atoms with Gasteiger partial charge in [0.05, 0.1) is 31.2 Å². The summed E-state index contributed by atoms with van der Waals surface area (Å²) in [5.74, 6) is 1.11. The minimum atomic E-state index is -0.0746. The third-order valence-corrected chi connectivity index (χ3v) is 4.63. The lowest BCUT2D eigenvalue weighted by atomic mass is 10.0. The zero-order valence-electron chi connectivity index (χ0n) is 15.0. The van der Waals surface area contributed by atoms with Crippen LogP contribution < -0.4 is 5.56 Å². The maximum atomic E-state index is 12.2. The Hall–Kier alpha value is -2.81. The Bertz CT molecular complexity index is 936. The van der Waals surface area contributed by atoms with Gasteiger partial charge in [0.2, 0.25) is 0 Å². The fraction of sp³-hybridized carbons (Fsp3) is 0.471. The minimum Gasteiger partial charge on any atom is -0.301 e. The van der Waals surface area contributed by atoms with Crippen LogP contribution in [0.4, 0.5) is 0 Å². The molecule has 0 bridgehead atoms. The van der Waals surface area contributed by atoms with Crippen LogP contribution in [0, 0.1) is 19.8 Å². The summed E-state index contributed by atoms with van der Waals surface area (Å²) in [6, 6.07) is 5.29. The molecule has 0 aromatic carbocycles. The Morgan fingerprint density at radius 3 is 2.54 bits per heavy atom. The standard InChI is InChI=1S/C17H22N8O/c1-13-9-14(2)25(20-13)16-3-4-17(26)23(21-16)12-15-10-22(11-15)7-8-24-18-5-6-19-24/h3-6,9,15H,7-8,10-12H2,1-2H3. The highest BCUT2D eigenvalue weighted by Crippen LogP contribution is 2.16. The molecule has 1 saturated heterocycles. The molecular weight excluding hydrogens is 332 g/mol. The van der Waals surface area contributed by atoms with Gasteiger partial charge in [-0.1, -0.05) is 0 Å². The molecule has 1 fully saturated rings. The maximum absolute atomic E-state index is 12.2. The summed E-state index contributed by atoms with van der Waals surface area (Å²) in [5.41, 5.74) is 1.86. The Morgan fingerprint density at radius 1 is 1.08 bits per heavy atom.